The smallest absolute Gasteiger partial charge is 0.196 e. The molecule has 0 aromatic heterocycles. The minimum Gasteiger partial charge on any atom is -0.457 e. The van der Waals surface area contributed by atoms with Gasteiger partial charge in [0.25, 0.3) is 0 Å². The van der Waals surface area contributed by atoms with Gasteiger partial charge in [-0.25, -0.2) is 0 Å². The van der Waals surface area contributed by atoms with Gasteiger partial charge in [0, 0.05) is 16.7 Å². The van der Waals surface area contributed by atoms with Crippen LogP contribution in [0.3, 0.4) is 0 Å². The lowest BCUT2D eigenvalue weighted by Crippen LogP contribution is -2.04. The first-order chi connectivity index (χ1) is 16.7. The van der Waals surface area contributed by atoms with Gasteiger partial charge in [0.15, 0.2) is 5.78 Å². The van der Waals surface area contributed by atoms with E-state index in [1.54, 1.807) is 18.2 Å². The molecule has 0 N–H and O–H groups in total. The first kappa shape index (κ1) is 22.8. The number of hydrogen-bond acceptors (Lipinski definition) is 3. The number of ether oxygens (including phenoxy) is 2. The molecule has 0 aliphatic heterocycles. The van der Waals surface area contributed by atoms with Crippen LogP contribution in [0.4, 0.5) is 0 Å². The molecular formula is C31H26O3. The van der Waals surface area contributed by atoms with Gasteiger partial charge in [0.2, 0.25) is 0 Å². The van der Waals surface area contributed by atoms with E-state index < -0.39 is 0 Å². The first-order valence-electron chi connectivity index (χ1n) is 11.2. The van der Waals surface area contributed by atoms with Crippen molar-refractivity contribution in [2.75, 3.05) is 0 Å². The molecule has 0 atom stereocenters. The van der Waals surface area contributed by atoms with E-state index in [-0.39, 0.29) is 5.78 Å². The van der Waals surface area contributed by atoms with Gasteiger partial charge in [-0.05, 0) is 62.4 Å². The molecule has 0 fully saturated rings. The van der Waals surface area contributed by atoms with E-state index in [1.165, 1.54) is 0 Å². The zero-order valence-corrected chi connectivity index (χ0v) is 19.3. The average Bonchev–Trinajstić information content (AvgIpc) is 2.87. The molecule has 4 rings (SSSR count). The Bertz CT molecular complexity index is 1330. The van der Waals surface area contributed by atoms with Crippen LogP contribution < -0.4 is 9.47 Å². The number of carbonyl (C=O) groups is 1. The Morgan fingerprint density at radius 2 is 1.09 bits per heavy atom. The summed E-state index contributed by atoms with van der Waals surface area (Å²) in [5.41, 5.74) is 3.01. The van der Waals surface area contributed by atoms with Crippen LogP contribution in [0.5, 0.6) is 23.0 Å². The van der Waals surface area contributed by atoms with Crippen molar-refractivity contribution >= 4 is 17.9 Å². The lowest BCUT2D eigenvalue weighted by molar-refractivity contribution is 0.103. The van der Waals surface area contributed by atoms with E-state index in [0.29, 0.717) is 28.4 Å². The van der Waals surface area contributed by atoms with Gasteiger partial charge in [0.05, 0.1) is 5.56 Å². The SMILES string of the molecule is CC=Cc1ccccc1Oc1ccc(C(=O)c2ccccc2Oc2ccccc2C=CC)cc1. The number of carbonyl (C=O) groups excluding carboxylic acids is 1. The average molecular weight is 447 g/mol. The molecule has 0 amide bonds. The Hall–Kier alpha value is -4.37. The second-order valence-corrected chi connectivity index (χ2v) is 7.63. The van der Waals surface area contributed by atoms with Crippen molar-refractivity contribution in [1.82, 2.24) is 0 Å². The van der Waals surface area contributed by atoms with Crippen LogP contribution in [0.1, 0.15) is 40.9 Å². The summed E-state index contributed by atoms with van der Waals surface area (Å²) in [6.45, 7) is 3.93. The number of rotatable bonds is 8. The van der Waals surface area contributed by atoms with Crippen molar-refractivity contribution in [3.63, 3.8) is 0 Å². The maximum Gasteiger partial charge on any atom is 0.196 e. The monoisotopic (exact) mass is 446 g/mol. The molecule has 4 aromatic rings. The number of benzene rings is 4. The molecule has 0 saturated carbocycles. The summed E-state index contributed by atoms with van der Waals surface area (Å²) in [4.78, 5) is 13.3. The van der Waals surface area contributed by atoms with Crippen molar-refractivity contribution in [2.45, 2.75) is 13.8 Å². The van der Waals surface area contributed by atoms with E-state index in [1.807, 2.05) is 117 Å². The third-order valence-corrected chi connectivity index (χ3v) is 5.23. The van der Waals surface area contributed by atoms with E-state index in [0.717, 1.165) is 16.9 Å². The Morgan fingerprint density at radius 3 is 1.68 bits per heavy atom. The summed E-state index contributed by atoms with van der Waals surface area (Å²) < 4.78 is 12.2. The fraction of sp³-hybridized carbons (Fsp3) is 0.0645. The maximum atomic E-state index is 13.3. The normalized spacial score (nSPS) is 11.1. The Labute approximate surface area is 200 Å². The predicted molar refractivity (Wildman–Crippen MR) is 139 cm³/mol. The molecule has 0 unspecified atom stereocenters. The largest absolute Gasteiger partial charge is 0.457 e. The van der Waals surface area contributed by atoms with Crippen LogP contribution in [0.2, 0.25) is 0 Å². The van der Waals surface area contributed by atoms with Gasteiger partial charge in [-0.3, -0.25) is 4.79 Å². The molecule has 168 valence electrons. The predicted octanol–water partition coefficient (Wildman–Crippen LogP) is 8.57. The van der Waals surface area contributed by atoms with E-state index >= 15 is 0 Å². The Morgan fingerprint density at radius 1 is 0.588 bits per heavy atom. The molecule has 4 aromatic carbocycles. The molecule has 3 nitrogen and oxygen atoms in total. The number of hydrogen-bond donors (Lipinski definition) is 0. The number of ketones is 1. The summed E-state index contributed by atoms with van der Waals surface area (Å²) in [7, 11) is 0. The fourth-order valence-corrected chi connectivity index (χ4v) is 3.60. The van der Waals surface area contributed by atoms with Crippen LogP contribution in [0, 0.1) is 0 Å². The Kier molecular flexibility index (Phi) is 7.36. The maximum absolute atomic E-state index is 13.3. The molecule has 0 aliphatic carbocycles. The van der Waals surface area contributed by atoms with E-state index in [2.05, 4.69) is 0 Å². The van der Waals surface area contributed by atoms with Crippen LogP contribution in [-0.4, -0.2) is 5.78 Å². The standard InChI is InChI=1S/C31H26O3/c1-3-11-23-13-5-8-16-28(23)33-26-21-19-25(20-22-26)31(32)27-15-7-10-18-30(27)34-29-17-9-6-14-24(29)12-4-2/h3-22H,1-2H3. The summed E-state index contributed by atoms with van der Waals surface area (Å²) in [6.07, 6.45) is 7.91. The molecule has 0 bridgehead atoms. The van der Waals surface area contributed by atoms with Crippen LogP contribution in [0.25, 0.3) is 12.2 Å². The quantitative estimate of drug-likeness (QED) is 0.254. The van der Waals surface area contributed by atoms with Crippen molar-refractivity contribution in [2.24, 2.45) is 0 Å². The van der Waals surface area contributed by atoms with Gasteiger partial charge in [-0.15, -0.1) is 0 Å². The summed E-state index contributed by atoms with van der Waals surface area (Å²) in [5, 5.41) is 0. The van der Waals surface area contributed by atoms with Crippen LogP contribution >= 0.6 is 0 Å². The topological polar surface area (TPSA) is 35.5 Å². The van der Waals surface area contributed by atoms with Gasteiger partial charge < -0.3 is 9.47 Å². The molecular weight excluding hydrogens is 420 g/mol. The van der Waals surface area contributed by atoms with Gasteiger partial charge in [-0.2, -0.15) is 0 Å². The third-order valence-electron chi connectivity index (χ3n) is 5.23. The Balaban J connectivity index is 1.57. The molecule has 34 heavy (non-hydrogen) atoms. The summed E-state index contributed by atoms with van der Waals surface area (Å²) >= 11 is 0. The highest BCUT2D eigenvalue weighted by atomic mass is 16.5. The molecule has 3 heteroatoms. The fourth-order valence-electron chi connectivity index (χ4n) is 3.60. The first-order valence-corrected chi connectivity index (χ1v) is 11.2. The molecule has 0 spiro atoms. The highest BCUT2D eigenvalue weighted by Gasteiger charge is 2.16. The van der Waals surface area contributed by atoms with Gasteiger partial charge in [0.1, 0.15) is 23.0 Å². The second kappa shape index (κ2) is 11.0. The highest BCUT2D eigenvalue weighted by Crippen LogP contribution is 2.31. The molecule has 0 saturated heterocycles. The number of para-hydroxylation sites is 3. The highest BCUT2D eigenvalue weighted by molar-refractivity contribution is 6.10. The van der Waals surface area contributed by atoms with Crippen molar-refractivity contribution < 1.29 is 14.3 Å². The summed E-state index contributed by atoms with van der Waals surface area (Å²) in [6, 6.07) is 30.1. The molecule has 0 radical (unpaired) electrons. The molecule has 0 aliphatic rings. The number of allylic oxidation sites excluding steroid dienone is 2. The van der Waals surface area contributed by atoms with Crippen molar-refractivity contribution in [3.8, 4) is 23.0 Å². The minimum atomic E-state index is -0.111. The van der Waals surface area contributed by atoms with Crippen LogP contribution in [-0.2, 0) is 0 Å². The van der Waals surface area contributed by atoms with Crippen LogP contribution in [0.15, 0.2) is 109 Å². The lowest BCUT2D eigenvalue weighted by Gasteiger charge is -2.13. The molecule has 0 heterocycles. The van der Waals surface area contributed by atoms with Crippen molar-refractivity contribution in [1.29, 1.82) is 0 Å². The third kappa shape index (κ3) is 5.33. The van der Waals surface area contributed by atoms with E-state index in [4.69, 9.17) is 9.47 Å². The summed E-state index contributed by atoms with van der Waals surface area (Å²) in [5.74, 6) is 2.53. The van der Waals surface area contributed by atoms with E-state index in [9.17, 15) is 4.79 Å². The lowest BCUT2D eigenvalue weighted by atomic mass is 10.0. The second-order valence-electron chi connectivity index (χ2n) is 7.63. The van der Waals surface area contributed by atoms with Crippen molar-refractivity contribution in [3.05, 3.63) is 131 Å². The zero-order valence-electron chi connectivity index (χ0n) is 19.3. The van der Waals surface area contributed by atoms with Gasteiger partial charge >= 0.3 is 0 Å². The van der Waals surface area contributed by atoms with Gasteiger partial charge in [-0.1, -0.05) is 72.8 Å². The zero-order chi connectivity index (χ0) is 23.8. The minimum absolute atomic E-state index is 0.111.